The highest BCUT2D eigenvalue weighted by atomic mass is 35.5. The summed E-state index contributed by atoms with van der Waals surface area (Å²) in [6.07, 6.45) is 2.84. The van der Waals surface area contributed by atoms with E-state index < -0.39 is 0 Å². The van der Waals surface area contributed by atoms with E-state index in [0.29, 0.717) is 12.2 Å². The predicted octanol–water partition coefficient (Wildman–Crippen LogP) is 3.53. The molecule has 0 aliphatic carbocycles. The highest BCUT2D eigenvalue weighted by Crippen LogP contribution is 2.21. The molecule has 0 N–H and O–H groups in total. The molecule has 0 bridgehead atoms. The molecule has 0 spiro atoms. The van der Waals surface area contributed by atoms with Crippen LogP contribution in [0.4, 0.5) is 0 Å². The van der Waals surface area contributed by atoms with E-state index in [1.807, 2.05) is 25.1 Å². The Kier molecular flexibility index (Phi) is 4.79. The SMILES string of the molecule is CCC(=O)C1CCCN(Cc2cccc(Cl)c2)C1. The minimum absolute atomic E-state index is 0.239. The Morgan fingerprint density at radius 1 is 1.50 bits per heavy atom. The summed E-state index contributed by atoms with van der Waals surface area (Å²) in [5, 5.41) is 0.783. The second-order valence-electron chi connectivity index (χ2n) is 5.02. The quantitative estimate of drug-likeness (QED) is 0.830. The first-order chi connectivity index (χ1) is 8.69. The number of piperidine rings is 1. The molecule has 0 aromatic heterocycles. The normalized spacial score (nSPS) is 20.9. The van der Waals surface area contributed by atoms with Crippen LogP contribution in [0, 0.1) is 5.92 Å². The van der Waals surface area contributed by atoms with E-state index >= 15 is 0 Å². The first kappa shape index (κ1) is 13.6. The Labute approximate surface area is 114 Å². The number of hydrogen-bond acceptors (Lipinski definition) is 2. The summed E-state index contributed by atoms with van der Waals surface area (Å²) < 4.78 is 0. The van der Waals surface area contributed by atoms with Gasteiger partial charge in [-0.3, -0.25) is 9.69 Å². The molecule has 2 nitrogen and oxygen atoms in total. The number of carbonyl (C=O) groups is 1. The Balaban J connectivity index is 1.95. The lowest BCUT2D eigenvalue weighted by Crippen LogP contribution is -2.38. The summed E-state index contributed by atoms with van der Waals surface area (Å²) in [7, 11) is 0. The Bertz CT molecular complexity index is 419. The molecule has 1 unspecified atom stereocenters. The zero-order chi connectivity index (χ0) is 13.0. The molecule has 1 aromatic rings. The molecular weight excluding hydrogens is 246 g/mol. The van der Waals surface area contributed by atoms with Crippen LogP contribution in [0.1, 0.15) is 31.7 Å². The summed E-state index contributed by atoms with van der Waals surface area (Å²) in [5.41, 5.74) is 1.23. The highest BCUT2D eigenvalue weighted by Gasteiger charge is 2.24. The monoisotopic (exact) mass is 265 g/mol. The zero-order valence-electron chi connectivity index (χ0n) is 10.9. The van der Waals surface area contributed by atoms with Gasteiger partial charge in [-0.25, -0.2) is 0 Å². The van der Waals surface area contributed by atoms with Gasteiger partial charge in [-0.1, -0.05) is 30.7 Å². The number of carbonyl (C=O) groups excluding carboxylic acids is 1. The molecule has 1 aliphatic heterocycles. The van der Waals surface area contributed by atoms with E-state index in [1.165, 1.54) is 5.56 Å². The standard InChI is InChI=1S/C15H20ClNO/c1-2-15(18)13-6-4-8-17(11-13)10-12-5-3-7-14(16)9-12/h3,5,7,9,13H,2,4,6,8,10-11H2,1H3. The van der Waals surface area contributed by atoms with Gasteiger partial charge >= 0.3 is 0 Å². The summed E-state index contributed by atoms with van der Waals surface area (Å²) in [4.78, 5) is 14.1. The fourth-order valence-electron chi connectivity index (χ4n) is 2.64. The van der Waals surface area contributed by atoms with Crippen molar-refractivity contribution in [2.24, 2.45) is 5.92 Å². The molecule has 1 heterocycles. The molecule has 1 aliphatic rings. The molecule has 1 saturated heterocycles. The van der Waals surface area contributed by atoms with E-state index in [4.69, 9.17) is 11.6 Å². The summed E-state index contributed by atoms with van der Waals surface area (Å²) in [6.45, 7) is 4.84. The fourth-order valence-corrected chi connectivity index (χ4v) is 2.86. The molecule has 1 aromatic carbocycles. The lowest BCUT2D eigenvalue weighted by atomic mass is 9.92. The third-order valence-electron chi connectivity index (χ3n) is 3.60. The van der Waals surface area contributed by atoms with Crippen LogP contribution >= 0.6 is 11.6 Å². The summed E-state index contributed by atoms with van der Waals surface area (Å²) >= 11 is 5.99. The average molecular weight is 266 g/mol. The van der Waals surface area contributed by atoms with Gasteiger partial charge < -0.3 is 0 Å². The van der Waals surface area contributed by atoms with Crippen LogP contribution in [0.15, 0.2) is 24.3 Å². The van der Waals surface area contributed by atoms with Crippen molar-refractivity contribution in [2.45, 2.75) is 32.7 Å². The number of nitrogens with zero attached hydrogens (tertiary/aromatic N) is 1. The van der Waals surface area contributed by atoms with Crippen LogP contribution in [0.25, 0.3) is 0 Å². The summed E-state index contributed by atoms with van der Waals surface area (Å²) in [6, 6.07) is 7.98. The van der Waals surface area contributed by atoms with Crippen molar-refractivity contribution in [1.82, 2.24) is 4.90 Å². The molecule has 0 amide bonds. The maximum absolute atomic E-state index is 11.8. The van der Waals surface area contributed by atoms with E-state index in [0.717, 1.165) is 37.5 Å². The van der Waals surface area contributed by atoms with E-state index in [1.54, 1.807) is 0 Å². The van der Waals surface area contributed by atoms with Crippen LogP contribution in [0.3, 0.4) is 0 Å². The van der Waals surface area contributed by atoms with Gasteiger partial charge in [0.2, 0.25) is 0 Å². The van der Waals surface area contributed by atoms with Gasteiger partial charge in [-0.2, -0.15) is 0 Å². The number of halogens is 1. The molecule has 1 atom stereocenters. The zero-order valence-corrected chi connectivity index (χ0v) is 11.6. The second-order valence-corrected chi connectivity index (χ2v) is 5.46. The van der Waals surface area contributed by atoms with Gasteiger partial charge in [-0.05, 0) is 37.1 Å². The number of likely N-dealkylation sites (tertiary alicyclic amines) is 1. The molecule has 2 rings (SSSR count). The maximum Gasteiger partial charge on any atom is 0.136 e. The first-order valence-electron chi connectivity index (χ1n) is 6.68. The Morgan fingerprint density at radius 3 is 3.06 bits per heavy atom. The van der Waals surface area contributed by atoms with Crippen LogP contribution < -0.4 is 0 Å². The molecule has 18 heavy (non-hydrogen) atoms. The topological polar surface area (TPSA) is 20.3 Å². The molecule has 0 radical (unpaired) electrons. The fraction of sp³-hybridized carbons (Fsp3) is 0.533. The van der Waals surface area contributed by atoms with Crippen molar-refractivity contribution in [3.8, 4) is 0 Å². The summed E-state index contributed by atoms with van der Waals surface area (Å²) in [5.74, 6) is 0.647. The van der Waals surface area contributed by atoms with Crippen molar-refractivity contribution < 1.29 is 4.79 Å². The maximum atomic E-state index is 11.8. The predicted molar refractivity (Wildman–Crippen MR) is 74.8 cm³/mol. The number of hydrogen-bond donors (Lipinski definition) is 0. The van der Waals surface area contributed by atoms with E-state index in [2.05, 4.69) is 11.0 Å². The smallest absolute Gasteiger partial charge is 0.136 e. The Hall–Kier alpha value is -0.860. The number of Topliss-reactive ketones (excluding diaryl/α,β-unsaturated/α-hetero) is 1. The lowest BCUT2D eigenvalue weighted by molar-refractivity contribution is -0.124. The minimum Gasteiger partial charge on any atom is -0.299 e. The third-order valence-corrected chi connectivity index (χ3v) is 3.84. The number of benzene rings is 1. The highest BCUT2D eigenvalue weighted by molar-refractivity contribution is 6.30. The molecule has 3 heteroatoms. The first-order valence-corrected chi connectivity index (χ1v) is 7.06. The lowest BCUT2D eigenvalue weighted by Gasteiger charge is -2.31. The minimum atomic E-state index is 0.239. The van der Waals surface area contributed by atoms with Crippen molar-refractivity contribution in [2.75, 3.05) is 13.1 Å². The molecule has 98 valence electrons. The number of ketones is 1. The molecule has 0 saturated carbocycles. The largest absolute Gasteiger partial charge is 0.299 e. The van der Waals surface area contributed by atoms with Gasteiger partial charge in [0.1, 0.15) is 5.78 Å². The van der Waals surface area contributed by atoms with Gasteiger partial charge in [0.05, 0.1) is 0 Å². The van der Waals surface area contributed by atoms with Crippen molar-refractivity contribution in [1.29, 1.82) is 0 Å². The van der Waals surface area contributed by atoms with E-state index in [-0.39, 0.29) is 5.92 Å². The molecule has 1 fully saturated rings. The van der Waals surface area contributed by atoms with E-state index in [9.17, 15) is 4.79 Å². The molecular formula is C15H20ClNO. The van der Waals surface area contributed by atoms with Crippen molar-refractivity contribution in [3.63, 3.8) is 0 Å². The van der Waals surface area contributed by atoms with Crippen molar-refractivity contribution >= 4 is 17.4 Å². The van der Waals surface area contributed by atoms with Gasteiger partial charge in [0.15, 0.2) is 0 Å². The van der Waals surface area contributed by atoms with Gasteiger partial charge in [0.25, 0.3) is 0 Å². The second kappa shape index (κ2) is 6.35. The van der Waals surface area contributed by atoms with Crippen LogP contribution in [0.5, 0.6) is 0 Å². The number of rotatable bonds is 4. The van der Waals surface area contributed by atoms with Crippen LogP contribution in [0.2, 0.25) is 5.02 Å². The average Bonchev–Trinajstić information content (AvgIpc) is 2.38. The Morgan fingerprint density at radius 2 is 2.33 bits per heavy atom. The van der Waals surface area contributed by atoms with Gasteiger partial charge in [-0.15, -0.1) is 0 Å². The van der Waals surface area contributed by atoms with Crippen LogP contribution in [-0.2, 0) is 11.3 Å². The van der Waals surface area contributed by atoms with Crippen LogP contribution in [-0.4, -0.2) is 23.8 Å². The third kappa shape index (κ3) is 3.56. The van der Waals surface area contributed by atoms with Gasteiger partial charge in [0, 0.05) is 30.5 Å². The van der Waals surface area contributed by atoms with Crippen molar-refractivity contribution in [3.05, 3.63) is 34.9 Å².